The number of nitro groups is 1. The van der Waals surface area contributed by atoms with Gasteiger partial charge in [0.15, 0.2) is 5.16 Å². The first-order chi connectivity index (χ1) is 11.1. The number of thioether (sulfide) groups is 1. The summed E-state index contributed by atoms with van der Waals surface area (Å²) in [5.74, 6) is -1.45. The van der Waals surface area contributed by atoms with Crippen molar-refractivity contribution in [1.82, 2.24) is 9.55 Å². The number of carboxylic acids is 1. The van der Waals surface area contributed by atoms with Gasteiger partial charge in [0.25, 0.3) is 5.69 Å². The summed E-state index contributed by atoms with van der Waals surface area (Å²) in [6.45, 7) is 0. The molecule has 0 fully saturated rings. The summed E-state index contributed by atoms with van der Waals surface area (Å²) in [6, 6.07) is 13.6. The van der Waals surface area contributed by atoms with E-state index in [4.69, 9.17) is 0 Å². The van der Waals surface area contributed by atoms with E-state index in [2.05, 4.69) is 4.98 Å². The van der Waals surface area contributed by atoms with Gasteiger partial charge in [0.05, 0.1) is 21.9 Å². The number of carboxylic acid groups (broad SMARTS) is 1. The van der Waals surface area contributed by atoms with Gasteiger partial charge >= 0.3 is 0 Å². The summed E-state index contributed by atoms with van der Waals surface area (Å²) in [5, 5.41) is 22.1. The molecule has 3 aromatic rings. The maximum absolute atomic E-state index is 10.9. The van der Waals surface area contributed by atoms with E-state index >= 15 is 0 Å². The minimum atomic E-state index is -1.20. The Labute approximate surface area is 134 Å². The minimum Gasteiger partial charge on any atom is -0.549 e. The molecular formula is C15H10N3O4S-. The predicted molar refractivity (Wildman–Crippen MR) is 83.5 cm³/mol. The van der Waals surface area contributed by atoms with E-state index in [1.54, 1.807) is 10.6 Å². The maximum atomic E-state index is 10.9. The summed E-state index contributed by atoms with van der Waals surface area (Å²) in [6.07, 6.45) is 0. The van der Waals surface area contributed by atoms with Gasteiger partial charge in [-0.15, -0.1) is 0 Å². The lowest BCUT2D eigenvalue weighted by molar-refractivity contribution is -0.384. The van der Waals surface area contributed by atoms with Gasteiger partial charge in [0.1, 0.15) is 0 Å². The van der Waals surface area contributed by atoms with Crippen LogP contribution in [0.3, 0.4) is 0 Å². The Morgan fingerprint density at radius 2 is 1.96 bits per heavy atom. The van der Waals surface area contributed by atoms with E-state index in [9.17, 15) is 20.0 Å². The van der Waals surface area contributed by atoms with E-state index in [1.807, 2.05) is 30.3 Å². The standard InChI is InChI=1S/C15H11N3O4S/c19-14(20)9-23-15-16-12-8-11(18(21)22)6-7-13(12)17(15)10-4-2-1-3-5-10/h1-8H,9H2,(H,19,20)/p-1. The number of benzene rings is 2. The lowest BCUT2D eigenvalue weighted by atomic mass is 10.2. The first-order valence-corrected chi connectivity index (χ1v) is 7.60. The molecule has 0 aliphatic carbocycles. The van der Waals surface area contributed by atoms with Crippen LogP contribution in [-0.2, 0) is 4.79 Å². The molecule has 0 aliphatic rings. The Morgan fingerprint density at radius 1 is 1.22 bits per heavy atom. The fraction of sp³-hybridized carbons (Fsp3) is 0.0667. The zero-order valence-electron chi connectivity index (χ0n) is 11.7. The number of hydrogen-bond donors (Lipinski definition) is 0. The highest BCUT2D eigenvalue weighted by Gasteiger charge is 2.16. The summed E-state index contributed by atoms with van der Waals surface area (Å²) in [5.41, 5.74) is 1.84. The summed E-state index contributed by atoms with van der Waals surface area (Å²) in [4.78, 5) is 25.5. The number of non-ortho nitro benzene ring substituents is 1. The quantitative estimate of drug-likeness (QED) is 0.402. The van der Waals surface area contributed by atoms with Crippen LogP contribution in [0.5, 0.6) is 0 Å². The Balaban J connectivity index is 2.18. The van der Waals surface area contributed by atoms with Gasteiger partial charge in [0.2, 0.25) is 0 Å². The van der Waals surface area contributed by atoms with Crippen molar-refractivity contribution in [2.45, 2.75) is 5.16 Å². The molecule has 0 atom stereocenters. The van der Waals surface area contributed by atoms with Crippen molar-refractivity contribution in [3.8, 4) is 5.69 Å². The molecule has 0 bridgehead atoms. The van der Waals surface area contributed by atoms with Crippen molar-refractivity contribution in [1.29, 1.82) is 0 Å². The lowest BCUT2D eigenvalue weighted by Gasteiger charge is -2.09. The molecule has 8 heteroatoms. The van der Waals surface area contributed by atoms with Gasteiger partial charge in [-0.1, -0.05) is 30.0 Å². The van der Waals surface area contributed by atoms with E-state index in [0.717, 1.165) is 17.4 Å². The number of carbonyl (C=O) groups is 1. The highest BCUT2D eigenvalue weighted by molar-refractivity contribution is 7.99. The first-order valence-electron chi connectivity index (χ1n) is 6.61. The molecule has 1 heterocycles. The Kier molecular flexibility index (Phi) is 3.98. The second kappa shape index (κ2) is 6.09. The number of aliphatic carboxylic acids is 1. The summed E-state index contributed by atoms with van der Waals surface area (Å²) in [7, 11) is 0. The average Bonchev–Trinajstić information content (AvgIpc) is 2.91. The summed E-state index contributed by atoms with van der Waals surface area (Å²) >= 11 is 1.01. The van der Waals surface area contributed by atoms with Crippen molar-refractivity contribution in [2.75, 3.05) is 5.75 Å². The number of rotatable bonds is 5. The van der Waals surface area contributed by atoms with Crippen LogP contribution in [0, 0.1) is 10.1 Å². The van der Waals surface area contributed by atoms with E-state index in [1.165, 1.54) is 12.1 Å². The van der Waals surface area contributed by atoms with Crippen LogP contribution in [0.15, 0.2) is 53.7 Å². The van der Waals surface area contributed by atoms with Crippen molar-refractivity contribution >= 4 is 34.5 Å². The topological polar surface area (TPSA) is 101 Å². The van der Waals surface area contributed by atoms with Gasteiger partial charge in [-0.25, -0.2) is 4.98 Å². The molecule has 1 aromatic heterocycles. The van der Waals surface area contributed by atoms with E-state index in [0.29, 0.717) is 16.2 Å². The number of imidazole rings is 1. The number of carbonyl (C=O) groups excluding carboxylic acids is 1. The monoisotopic (exact) mass is 328 g/mol. The van der Waals surface area contributed by atoms with Gasteiger partial charge in [-0.05, 0) is 18.2 Å². The van der Waals surface area contributed by atoms with Crippen LogP contribution in [-0.4, -0.2) is 26.2 Å². The molecule has 0 amide bonds. The van der Waals surface area contributed by atoms with Gasteiger partial charge in [-0.2, -0.15) is 0 Å². The first kappa shape index (κ1) is 15.0. The Morgan fingerprint density at radius 3 is 2.61 bits per heavy atom. The molecule has 7 nitrogen and oxygen atoms in total. The van der Waals surface area contributed by atoms with Crippen molar-refractivity contribution in [3.05, 3.63) is 58.6 Å². The SMILES string of the molecule is O=C([O-])CSc1nc2cc([N+](=O)[O-])ccc2n1-c1ccccc1. The normalized spacial score (nSPS) is 10.8. The molecule has 0 aliphatic heterocycles. The molecule has 2 aromatic carbocycles. The number of nitro benzene ring substituents is 1. The Bertz CT molecular complexity index is 892. The molecule has 3 rings (SSSR count). The molecule has 0 saturated heterocycles. The molecule has 0 radical (unpaired) electrons. The van der Waals surface area contributed by atoms with Crippen molar-refractivity contribution in [2.24, 2.45) is 0 Å². The van der Waals surface area contributed by atoms with Gasteiger partial charge in [-0.3, -0.25) is 14.7 Å². The maximum Gasteiger partial charge on any atom is 0.271 e. The molecule has 0 spiro atoms. The van der Waals surface area contributed by atoms with Crippen LogP contribution in [0.1, 0.15) is 0 Å². The number of hydrogen-bond acceptors (Lipinski definition) is 6. The molecule has 116 valence electrons. The molecule has 23 heavy (non-hydrogen) atoms. The number of para-hydroxylation sites is 1. The smallest absolute Gasteiger partial charge is 0.271 e. The third-order valence-corrected chi connectivity index (χ3v) is 4.06. The van der Waals surface area contributed by atoms with Gasteiger partial charge < -0.3 is 9.90 Å². The fourth-order valence-corrected chi connectivity index (χ4v) is 2.95. The second-order valence-electron chi connectivity index (χ2n) is 4.66. The number of fused-ring (bicyclic) bond motifs is 1. The van der Waals surface area contributed by atoms with Crippen molar-refractivity contribution < 1.29 is 14.8 Å². The van der Waals surface area contributed by atoms with Gasteiger partial charge in [0, 0.05) is 23.6 Å². The highest BCUT2D eigenvalue weighted by Crippen LogP contribution is 2.29. The Hall–Kier alpha value is -2.87. The molecule has 0 saturated carbocycles. The fourth-order valence-electron chi connectivity index (χ4n) is 2.21. The van der Waals surface area contributed by atoms with E-state index in [-0.39, 0.29) is 11.4 Å². The zero-order chi connectivity index (χ0) is 16.4. The van der Waals surface area contributed by atoms with Crippen LogP contribution >= 0.6 is 11.8 Å². The predicted octanol–water partition coefficient (Wildman–Crippen LogP) is 1.78. The molecule has 0 unspecified atom stereocenters. The van der Waals surface area contributed by atoms with Crippen LogP contribution in [0.25, 0.3) is 16.7 Å². The van der Waals surface area contributed by atoms with Crippen LogP contribution in [0.2, 0.25) is 0 Å². The highest BCUT2D eigenvalue weighted by atomic mass is 32.2. The van der Waals surface area contributed by atoms with E-state index < -0.39 is 10.9 Å². The number of nitrogens with zero attached hydrogens (tertiary/aromatic N) is 3. The van der Waals surface area contributed by atoms with Crippen molar-refractivity contribution in [3.63, 3.8) is 0 Å². The average molecular weight is 328 g/mol. The van der Waals surface area contributed by atoms with Crippen LogP contribution in [0.4, 0.5) is 5.69 Å². The van der Waals surface area contributed by atoms with Crippen LogP contribution < -0.4 is 5.11 Å². The zero-order valence-corrected chi connectivity index (χ0v) is 12.5. The molecule has 0 N–H and O–H groups in total. The minimum absolute atomic E-state index is 0.0633. The molecular weight excluding hydrogens is 318 g/mol. The lowest BCUT2D eigenvalue weighted by Crippen LogP contribution is -2.24. The number of aromatic nitrogens is 2. The third-order valence-electron chi connectivity index (χ3n) is 3.15. The second-order valence-corrected chi connectivity index (χ2v) is 5.60. The third kappa shape index (κ3) is 3.02. The summed E-state index contributed by atoms with van der Waals surface area (Å²) < 4.78 is 1.77. The largest absolute Gasteiger partial charge is 0.549 e.